The summed E-state index contributed by atoms with van der Waals surface area (Å²) in [6.45, 7) is 4.71. The molecule has 0 aliphatic carbocycles. The average molecular weight is 232 g/mol. The quantitative estimate of drug-likeness (QED) is 0.672. The van der Waals surface area contributed by atoms with Crippen LogP contribution in [-0.2, 0) is 9.53 Å². The molecule has 0 aromatic rings. The highest BCUT2D eigenvalue weighted by Gasteiger charge is 2.15. The van der Waals surface area contributed by atoms with E-state index < -0.39 is 12.0 Å². The maximum atomic E-state index is 11.4. The van der Waals surface area contributed by atoms with E-state index >= 15 is 0 Å². The van der Waals surface area contributed by atoms with E-state index in [0.717, 1.165) is 0 Å². The Morgan fingerprint density at radius 3 is 2.50 bits per heavy atom. The zero-order chi connectivity index (χ0) is 12.6. The molecule has 0 fully saturated rings. The van der Waals surface area contributed by atoms with Crippen LogP contribution < -0.4 is 5.32 Å². The van der Waals surface area contributed by atoms with Gasteiger partial charge in [0.15, 0.2) is 0 Å². The van der Waals surface area contributed by atoms with E-state index in [1.807, 2.05) is 18.7 Å². The molecule has 0 saturated heterocycles. The molecule has 6 heteroatoms. The molecule has 0 aromatic carbocycles. The Kier molecular flexibility index (Phi) is 7.49. The fourth-order valence-corrected chi connectivity index (χ4v) is 1.18. The van der Waals surface area contributed by atoms with Crippen LogP contribution in [0, 0.1) is 0 Å². The summed E-state index contributed by atoms with van der Waals surface area (Å²) in [6, 6.07) is 0.176. The molecule has 2 amide bonds. The molecule has 6 nitrogen and oxygen atoms in total. The van der Waals surface area contributed by atoms with Crippen LogP contribution in [0.5, 0.6) is 0 Å². The van der Waals surface area contributed by atoms with Crippen molar-refractivity contribution in [1.82, 2.24) is 10.2 Å². The van der Waals surface area contributed by atoms with Crippen LogP contribution in [0.25, 0.3) is 0 Å². The molecule has 0 rings (SSSR count). The highest BCUT2D eigenvalue weighted by Crippen LogP contribution is 1.99. The summed E-state index contributed by atoms with van der Waals surface area (Å²) in [5.74, 6) is -0.404. The number of carbonyl (C=O) groups excluding carboxylic acids is 2. The first-order valence-corrected chi connectivity index (χ1v) is 5.24. The maximum Gasteiger partial charge on any atom is 0.413 e. The van der Waals surface area contributed by atoms with Gasteiger partial charge in [0, 0.05) is 19.2 Å². The molecule has 0 saturated carbocycles. The van der Waals surface area contributed by atoms with Crippen molar-refractivity contribution in [3.05, 3.63) is 0 Å². The van der Waals surface area contributed by atoms with Crippen molar-refractivity contribution in [1.29, 1.82) is 0 Å². The lowest BCUT2D eigenvalue weighted by molar-refractivity contribution is -0.122. The van der Waals surface area contributed by atoms with Crippen molar-refractivity contribution < 1.29 is 19.4 Å². The van der Waals surface area contributed by atoms with Gasteiger partial charge in [-0.25, -0.2) is 4.79 Å². The number of nitrogens with one attached hydrogen (secondary N) is 1. The Balaban J connectivity index is 4.07. The molecule has 0 bridgehead atoms. The van der Waals surface area contributed by atoms with Gasteiger partial charge in [-0.2, -0.15) is 0 Å². The molecule has 94 valence electrons. The van der Waals surface area contributed by atoms with Crippen molar-refractivity contribution >= 4 is 12.0 Å². The summed E-state index contributed by atoms with van der Waals surface area (Å²) in [6.07, 6.45) is -0.153. The van der Waals surface area contributed by atoms with Gasteiger partial charge in [0.25, 0.3) is 0 Å². The second-order valence-corrected chi connectivity index (χ2v) is 3.68. The lowest BCUT2D eigenvalue weighted by Gasteiger charge is -2.25. The van der Waals surface area contributed by atoms with Crippen molar-refractivity contribution in [2.75, 3.05) is 26.8 Å². The largest absolute Gasteiger partial charge is 0.453 e. The zero-order valence-electron chi connectivity index (χ0n) is 10.0. The Hall–Kier alpha value is -1.14. The molecule has 0 spiro atoms. The lowest BCUT2D eigenvalue weighted by Crippen LogP contribution is -2.43. The van der Waals surface area contributed by atoms with Crippen molar-refractivity contribution in [3.63, 3.8) is 0 Å². The standard InChI is InChI=1S/C10H20N2O4/c1-8(2)12(5-4-6-13)7-9(14)11-10(15)16-3/h8,13H,4-7H2,1-3H3,(H,11,14,15). The van der Waals surface area contributed by atoms with Gasteiger partial charge in [-0.05, 0) is 20.3 Å². The highest BCUT2D eigenvalue weighted by molar-refractivity contribution is 5.92. The van der Waals surface area contributed by atoms with Crippen LogP contribution in [0.3, 0.4) is 0 Å². The fourth-order valence-electron chi connectivity index (χ4n) is 1.18. The number of nitrogens with zero attached hydrogens (tertiary/aromatic N) is 1. The van der Waals surface area contributed by atoms with Crippen LogP contribution in [0.1, 0.15) is 20.3 Å². The van der Waals surface area contributed by atoms with Gasteiger partial charge in [-0.3, -0.25) is 15.0 Å². The summed E-state index contributed by atoms with van der Waals surface area (Å²) < 4.78 is 4.31. The SMILES string of the molecule is COC(=O)NC(=O)CN(CCCO)C(C)C. The van der Waals surface area contributed by atoms with Gasteiger partial charge in [0.2, 0.25) is 5.91 Å². The number of aliphatic hydroxyl groups is 1. The molecule has 0 unspecified atom stereocenters. The maximum absolute atomic E-state index is 11.4. The number of aliphatic hydroxyl groups excluding tert-OH is 1. The van der Waals surface area contributed by atoms with Crippen molar-refractivity contribution in [2.45, 2.75) is 26.3 Å². The van der Waals surface area contributed by atoms with Gasteiger partial charge in [-0.1, -0.05) is 0 Å². The molecule has 16 heavy (non-hydrogen) atoms. The number of carbonyl (C=O) groups is 2. The van der Waals surface area contributed by atoms with Gasteiger partial charge >= 0.3 is 6.09 Å². The van der Waals surface area contributed by atoms with E-state index in [1.165, 1.54) is 7.11 Å². The molecule has 0 heterocycles. The van der Waals surface area contributed by atoms with Gasteiger partial charge < -0.3 is 9.84 Å². The first kappa shape index (κ1) is 14.9. The molecule has 0 aliphatic rings. The van der Waals surface area contributed by atoms with Crippen LogP contribution in [0.4, 0.5) is 4.79 Å². The zero-order valence-corrected chi connectivity index (χ0v) is 10.0. The number of hydrogen-bond donors (Lipinski definition) is 2. The van der Waals surface area contributed by atoms with E-state index in [1.54, 1.807) is 0 Å². The monoisotopic (exact) mass is 232 g/mol. The van der Waals surface area contributed by atoms with Crippen LogP contribution in [0.2, 0.25) is 0 Å². The highest BCUT2D eigenvalue weighted by atomic mass is 16.5. The predicted molar refractivity (Wildman–Crippen MR) is 59.0 cm³/mol. The van der Waals surface area contributed by atoms with E-state index in [9.17, 15) is 9.59 Å². The Morgan fingerprint density at radius 1 is 1.44 bits per heavy atom. The van der Waals surface area contributed by atoms with Crippen LogP contribution in [0.15, 0.2) is 0 Å². The van der Waals surface area contributed by atoms with E-state index in [2.05, 4.69) is 10.1 Å². The minimum absolute atomic E-state index is 0.0852. The van der Waals surface area contributed by atoms with Gasteiger partial charge in [0.1, 0.15) is 0 Å². The molecular formula is C10H20N2O4. The minimum atomic E-state index is -0.754. The van der Waals surface area contributed by atoms with Crippen LogP contribution >= 0.6 is 0 Å². The van der Waals surface area contributed by atoms with Gasteiger partial charge in [0.05, 0.1) is 13.7 Å². The number of alkyl carbamates (subject to hydrolysis) is 1. The first-order chi connectivity index (χ1) is 7.51. The average Bonchev–Trinajstić information content (AvgIpc) is 2.23. The molecule has 2 N–H and O–H groups in total. The molecule has 0 atom stereocenters. The molecular weight excluding hydrogens is 212 g/mol. The number of ether oxygens (including phenoxy) is 1. The topological polar surface area (TPSA) is 78.9 Å². The van der Waals surface area contributed by atoms with E-state index in [-0.39, 0.29) is 19.2 Å². The van der Waals surface area contributed by atoms with E-state index in [0.29, 0.717) is 13.0 Å². The predicted octanol–water partition coefficient (Wildman–Crippen LogP) is -0.0382. The number of rotatable bonds is 6. The summed E-state index contributed by atoms with van der Waals surface area (Å²) >= 11 is 0. The number of hydrogen-bond acceptors (Lipinski definition) is 5. The van der Waals surface area contributed by atoms with Crippen LogP contribution in [-0.4, -0.2) is 54.9 Å². The smallest absolute Gasteiger partial charge is 0.413 e. The third kappa shape index (κ3) is 6.36. The molecule has 0 aromatic heterocycles. The molecule has 0 radical (unpaired) electrons. The van der Waals surface area contributed by atoms with Crippen molar-refractivity contribution in [3.8, 4) is 0 Å². The lowest BCUT2D eigenvalue weighted by atomic mass is 10.3. The Bertz CT molecular complexity index is 231. The minimum Gasteiger partial charge on any atom is -0.453 e. The second-order valence-electron chi connectivity index (χ2n) is 3.68. The molecule has 0 aliphatic heterocycles. The second kappa shape index (κ2) is 8.06. The Labute approximate surface area is 95.6 Å². The fraction of sp³-hybridized carbons (Fsp3) is 0.800. The number of imide groups is 1. The summed E-state index contributed by atoms with van der Waals surface area (Å²) in [5, 5.41) is 10.8. The summed E-state index contributed by atoms with van der Waals surface area (Å²) in [7, 11) is 1.20. The van der Waals surface area contributed by atoms with Gasteiger partial charge in [-0.15, -0.1) is 0 Å². The summed E-state index contributed by atoms with van der Waals surface area (Å²) in [5.41, 5.74) is 0. The van der Waals surface area contributed by atoms with Crippen molar-refractivity contribution in [2.24, 2.45) is 0 Å². The third-order valence-corrected chi connectivity index (χ3v) is 2.11. The normalized spacial score (nSPS) is 10.6. The summed E-state index contributed by atoms with van der Waals surface area (Å²) in [4.78, 5) is 24.0. The third-order valence-electron chi connectivity index (χ3n) is 2.11. The first-order valence-electron chi connectivity index (χ1n) is 5.24. The number of amides is 2. The van der Waals surface area contributed by atoms with E-state index in [4.69, 9.17) is 5.11 Å². The number of methoxy groups -OCH3 is 1. The Morgan fingerprint density at radius 2 is 2.06 bits per heavy atom.